The van der Waals surface area contributed by atoms with Gasteiger partial charge in [-0.15, -0.1) is 0 Å². The van der Waals surface area contributed by atoms with Gasteiger partial charge in [0.2, 0.25) is 5.91 Å². The Balaban J connectivity index is 1.69. The fourth-order valence-electron chi connectivity index (χ4n) is 4.00. The first-order valence-electron chi connectivity index (χ1n) is 9.28. The van der Waals surface area contributed by atoms with Crippen molar-refractivity contribution in [2.75, 3.05) is 16.8 Å². The van der Waals surface area contributed by atoms with E-state index in [9.17, 15) is 14.9 Å². The summed E-state index contributed by atoms with van der Waals surface area (Å²) in [4.78, 5) is 26.7. The van der Waals surface area contributed by atoms with Crippen LogP contribution < -0.4 is 10.2 Å². The van der Waals surface area contributed by atoms with Crippen LogP contribution in [0.1, 0.15) is 59.8 Å². The van der Waals surface area contributed by atoms with Gasteiger partial charge >= 0.3 is 0 Å². The number of rotatable bonds is 2. The Hall–Kier alpha value is -3.14. The first kappa shape index (κ1) is 17.3. The zero-order valence-electron chi connectivity index (χ0n) is 15.2. The van der Waals surface area contributed by atoms with Crippen LogP contribution in [-0.4, -0.2) is 28.1 Å². The van der Waals surface area contributed by atoms with E-state index in [0.717, 1.165) is 18.5 Å². The summed E-state index contributed by atoms with van der Waals surface area (Å²) in [5.41, 5.74) is 2.86. The number of nitriles is 1. The maximum absolute atomic E-state index is 13.2. The highest BCUT2D eigenvalue weighted by molar-refractivity contribution is 6.15. The van der Waals surface area contributed by atoms with E-state index in [1.54, 1.807) is 24.4 Å². The maximum Gasteiger partial charge on any atom is 0.262 e. The van der Waals surface area contributed by atoms with Gasteiger partial charge < -0.3 is 5.32 Å². The summed E-state index contributed by atoms with van der Waals surface area (Å²) in [5, 5.41) is 16.4. The highest BCUT2D eigenvalue weighted by Gasteiger charge is 2.31. The van der Waals surface area contributed by atoms with Crippen LogP contribution in [0.3, 0.4) is 0 Å². The number of fused-ring (bicyclic) bond motifs is 1. The van der Waals surface area contributed by atoms with E-state index in [1.165, 1.54) is 24.2 Å². The molecule has 1 saturated carbocycles. The third-order valence-electron chi connectivity index (χ3n) is 5.43. The minimum Gasteiger partial charge on any atom is -0.323 e. The predicted molar refractivity (Wildman–Crippen MR) is 101 cm³/mol. The Kier molecular flexibility index (Phi) is 4.40. The lowest BCUT2D eigenvalue weighted by Crippen LogP contribution is -2.42. The molecule has 0 radical (unpaired) electrons. The Morgan fingerprint density at radius 2 is 2.07 bits per heavy atom. The molecule has 1 aliphatic heterocycles. The van der Waals surface area contributed by atoms with Gasteiger partial charge in [-0.25, -0.2) is 0 Å². The van der Waals surface area contributed by atoms with Crippen molar-refractivity contribution in [2.24, 2.45) is 0 Å². The second kappa shape index (κ2) is 6.88. The van der Waals surface area contributed by atoms with Crippen LogP contribution in [0.25, 0.3) is 0 Å². The van der Waals surface area contributed by atoms with Gasteiger partial charge in [-0.05, 0) is 38.0 Å². The van der Waals surface area contributed by atoms with Crippen molar-refractivity contribution in [2.45, 2.75) is 45.1 Å². The van der Waals surface area contributed by atoms with E-state index in [0.29, 0.717) is 28.5 Å². The Morgan fingerprint density at radius 3 is 2.81 bits per heavy atom. The van der Waals surface area contributed by atoms with Crippen LogP contribution in [-0.2, 0) is 4.79 Å². The molecule has 2 aliphatic rings. The summed E-state index contributed by atoms with van der Waals surface area (Å²) in [5.74, 6) is -0.515. The molecular weight excluding hydrogens is 342 g/mol. The first-order chi connectivity index (χ1) is 13.1. The van der Waals surface area contributed by atoms with Gasteiger partial charge in [0.05, 0.1) is 40.8 Å². The average Bonchev–Trinajstić information content (AvgIpc) is 3.08. The van der Waals surface area contributed by atoms with Crippen LogP contribution in [0.2, 0.25) is 0 Å². The molecule has 1 aromatic carbocycles. The van der Waals surface area contributed by atoms with Gasteiger partial charge in [0.15, 0.2) is 0 Å². The third-order valence-corrected chi connectivity index (χ3v) is 5.43. The van der Waals surface area contributed by atoms with Crippen molar-refractivity contribution in [3.8, 4) is 6.07 Å². The minimum absolute atomic E-state index is 0.0746. The Bertz CT molecular complexity index is 950. The van der Waals surface area contributed by atoms with Crippen LogP contribution >= 0.6 is 0 Å². The number of nitrogens with one attached hydrogen (secondary N) is 1. The van der Waals surface area contributed by atoms with Gasteiger partial charge in [0, 0.05) is 5.69 Å². The van der Waals surface area contributed by atoms with Crippen molar-refractivity contribution >= 4 is 23.2 Å². The second-order valence-electron chi connectivity index (χ2n) is 7.16. The molecule has 2 amide bonds. The fraction of sp³-hybridized carbons (Fsp3) is 0.400. The van der Waals surface area contributed by atoms with E-state index >= 15 is 0 Å². The zero-order valence-corrected chi connectivity index (χ0v) is 15.2. The normalized spacial score (nSPS) is 17.2. The average molecular weight is 363 g/mol. The van der Waals surface area contributed by atoms with Crippen LogP contribution in [0.4, 0.5) is 11.4 Å². The van der Waals surface area contributed by atoms with Crippen LogP contribution in [0, 0.1) is 18.3 Å². The molecular formula is C20H21N5O2. The molecule has 0 saturated heterocycles. The molecule has 2 aromatic rings. The van der Waals surface area contributed by atoms with Gasteiger partial charge in [-0.2, -0.15) is 10.4 Å². The van der Waals surface area contributed by atoms with E-state index in [4.69, 9.17) is 0 Å². The SMILES string of the molecule is Cc1c(C(=O)N2CC(=O)Nc3ccc(C#N)cc32)cnn1C1CCCCC1. The molecule has 2 heterocycles. The maximum atomic E-state index is 13.2. The highest BCUT2D eigenvalue weighted by atomic mass is 16.2. The number of hydrogen-bond donors (Lipinski definition) is 1. The highest BCUT2D eigenvalue weighted by Crippen LogP contribution is 2.33. The Labute approximate surface area is 157 Å². The molecule has 0 atom stereocenters. The van der Waals surface area contributed by atoms with E-state index in [-0.39, 0.29) is 18.4 Å². The molecule has 0 spiro atoms. The van der Waals surface area contributed by atoms with Crippen molar-refractivity contribution in [3.63, 3.8) is 0 Å². The molecule has 1 fully saturated rings. The predicted octanol–water partition coefficient (Wildman–Crippen LogP) is 3.17. The first-order valence-corrected chi connectivity index (χ1v) is 9.28. The fourth-order valence-corrected chi connectivity index (χ4v) is 4.00. The van der Waals surface area contributed by atoms with Gasteiger partial charge in [-0.1, -0.05) is 19.3 Å². The lowest BCUT2D eigenvalue weighted by Gasteiger charge is -2.29. The van der Waals surface area contributed by atoms with E-state index in [2.05, 4.69) is 16.5 Å². The number of nitrogens with zero attached hydrogens (tertiary/aromatic N) is 4. The summed E-state index contributed by atoms with van der Waals surface area (Å²) in [6, 6.07) is 7.33. The third kappa shape index (κ3) is 3.08. The standard InChI is InChI=1S/C20H21N5O2/c1-13-16(11-22-25(13)15-5-3-2-4-6-15)20(27)24-12-19(26)23-17-8-7-14(10-21)9-18(17)24/h7-9,11,15H,2-6,12H2,1H3,(H,23,26). The van der Waals surface area contributed by atoms with Crippen LogP contribution in [0.5, 0.6) is 0 Å². The van der Waals surface area contributed by atoms with Crippen molar-refractivity contribution in [3.05, 3.63) is 41.2 Å². The Morgan fingerprint density at radius 1 is 1.30 bits per heavy atom. The van der Waals surface area contributed by atoms with Gasteiger partial charge in [0.1, 0.15) is 6.54 Å². The van der Waals surface area contributed by atoms with E-state index in [1.807, 2.05) is 11.6 Å². The van der Waals surface area contributed by atoms with Gasteiger partial charge in [0.25, 0.3) is 5.91 Å². The number of anilines is 2. The molecule has 4 rings (SSSR count). The quantitative estimate of drug-likeness (QED) is 0.887. The van der Waals surface area contributed by atoms with Crippen molar-refractivity contribution in [1.29, 1.82) is 5.26 Å². The van der Waals surface area contributed by atoms with Gasteiger partial charge in [-0.3, -0.25) is 19.2 Å². The monoisotopic (exact) mass is 363 g/mol. The van der Waals surface area contributed by atoms with Crippen LogP contribution in [0.15, 0.2) is 24.4 Å². The molecule has 7 heteroatoms. The molecule has 1 N–H and O–H groups in total. The molecule has 0 unspecified atom stereocenters. The number of carbonyl (C=O) groups is 2. The molecule has 138 valence electrons. The largest absolute Gasteiger partial charge is 0.323 e. The summed E-state index contributed by atoms with van der Waals surface area (Å²) in [7, 11) is 0. The zero-order chi connectivity index (χ0) is 19.0. The number of carbonyl (C=O) groups excluding carboxylic acids is 2. The number of aromatic nitrogens is 2. The summed E-state index contributed by atoms with van der Waals surface area (Å²) >= 11 is 0. The number of amides is 2. The smallest absolute Gasteiger partial charge is 0.262 e. The lowest BCUT2D eigenvalue weighted by atomic mass is 9.95. The van der Waals surface area contributed by atoms with Crippen molar-refractivity contribution in [1.82, 2.24) is 9.78 Å². The summed E-state index contributed by atoms with van der Waals surface area (Å²) in [6.07, 6.45) is 7.39. The minimum atomic E-state index is -0.263. The molecule has 27 heavy (non-hydrogen) atoms. The topological polar surface area (TPSA) is 91.0 Å². The molecule has 7 nitrogen and oxygen atoms in total. The molecule has 0 bridgehead atoms. The van der Waals surface area contributed by atoms with E-state index < -0.39 is 0 Å². The summed E-state index contributed by atoms with van der Waals surface area (Å²) < 4.78 is 1.96. The molecule has 1 aromatic heterocycles. The lowest BCUT2D eigenvalue weighted by molar-refractivity contribution is -0.115. The van der Waals surface area contributed by atoms with Crippen molar-refractivity contribution < 1.29 is 9.59 Å². The number of benzene rings is 1. The molecule has 1 aliphatic carbocycles. The second-order valence-corrected chi connectivity index (χ2v) is 7.16. The number of hydrogen-bond acceptors (Lipinski definition) is 4. The summed E-state index contributed by atoms with van der Waals surface area (Å²) in [6.45, 7) is 1.83.